The van der Waals surface area contributed by atoms with Gasteiger partial charge in [-0.3, -0.25) is 9.48 Å². The Hall–Kier alpha value is -2.63. The highest BCUT2D eigenvalue weighted by Gasteiger charge is 2.34. The molecule has 2 heterocycles. The summed E-state index contributed by atoms with van der Waals surface area (Å²) in [7, 11) is 1.90. The third-order valence-corrected chi connectivity index (χ3v) is 5.48. The van der Waals surface area contributed by atoms with E-state index in [1.54, 1.807) is 4.68 Å². The number of nitrogens with zero attached hydrogens (tertiary/aromatic N) is 2. The predicted molar refractivity (Wildman–Crippen MR) is 118 cm³/mol. The zero-order chi connectivity index (χ0) is 19.5. The summed E-state index contributed by atoms with van der Waals surface area (Å²) in [6.45, 7) is 4.14. The van der Waals surface area contributed by atoms with Crippen LogP contribution < -0.4 is 10.6 Å². The molecule has 0 unspecified atom stereocenters. The van der Waals surface area contributed by atoms with Gasteiger partial charge in [-0.15, -0.1) is 12.4 Å². The molecule has 1 aromatic heterocycles. The van der Waals surface area contributed by atoms with Gasteiger partial charge in [-0.25, -0.2) is 0 Å². The summed E-state index contributed by atoms with van der Waals surface area (Å²) in [5.41, 5.74) is 5.84. The number of aromatic nitrogens is 2. The number of hydrogen-bond acceptors (Lipinski definition) is 3. The molecule has 2 atom stereocenters. The first-order chi connectivity index (χ1) is 13.6. The molecular formula is C23H27ClN4O. The molecule has 0 aliphatic carbocycles. The molecule has 6 heteroatoms. The Kier molecular flexibility index (Phi) is 6.72. The SMILES string of the molecule is Cc1ccc(-c2cccc(CNC(=O)[C@H]3CNC[C@@H]3c3cnn(C)c3)c2)cc1.Cl. The molecule has 152 valence electrons. The van der Waals surface area contributed by atoms with Crippen molar-refractivity contribution in [3.8, 4) is 11.1 Å². The van der Waals surface area contributed by atoms with Crippen molar-refractivity contribution >= 4 is 18.3 Å². The van der Waals surface area contributed by atoms with E-state index in [0.717, 1.165) is 17.7 Å². The van der Waals surface area contributed by atoms with E-state index in [4.69, 9.17) is 0 Å². The van der Waals surface area contributed by atoms with Crippen molar-refractivity contribution in [1.29, 1.82) is 0 Å². The molecule has 3 aromatic rings. The van der Waals surface area contributed by atoms with Crippen molar-refractivity contribution in [2.75, 3.05) is 13.1 Å². The lowest BCUT2D eigenvalue weighted by atomic mass is 9.90. The van der Waals surface area contributed by atoms with Gasteiger partial charge in [0.1, 0.15) is 0 Å². The molecule has 2 N–H and O–H groups in total. The first-order valence-corrected chi connectivity index (χ1v) is 9.73. The molecule has 5 nitrogen and oxygen atoms in total. The number of aryl methyl sites for hydroxylation is 2. The van der Waals surface area contributed by atoms with Crippen LogP contribution in [0.5, 0.6) is 0 Å². The Morgan fingerprint density at radius 1 is 1.17 bits per heavy atom. The van der Waals surface area contributed by atoms with Crippen LogP contribution in [-0.2, 0) is 18.4 Å². The van der Waals surface area contributed by atoms with Crippen LogP contribution in [0, 0.1) is 12.8 Å². The van der Waals surface area contributed by atoms with Crippen LogP contribution in [0.3, 0.4) is 0 Å². The Balaban J connectivity index is 0.00000240. The van der Waals surface area contributed by atoms with E-state index in [-0.39, 0.29) is 30.2 Å². The monoisotopic (exact) mass is 410 g/mol. The van der Waals surface area contributed by atoms with Gasteiger partial charge in [0, 0.05) is 38.8 Å². The normalized spacial score (nSPS) is 18.3. The molecule has 0 saturated carbocycles. The molecule has 4 rings (SSSR count). The fraction of sp³-hybridized carbons (Fsp3) is 0.304. The van der Waals surface area contributed by atoms with E-state index >= 15 is 0 Å². The first kappa shape index (κ1) is 21.1. The number of nitrogens with one attached hydrogen (secondary N) is 2. The van der Waals surface area contributed by atoms with E-state index in [1.807, 2.05) is 25.5 Å². The highest BCUT2D eigenvalue weighted by molar-refractivity contribution is 5.85. The van der Waals surface area contributed by atoms with Gasteiger partial charge in [0.05, 0.1) is 12.1 Å². The minimum Gasteiger partial charge on any atom is -0.352 e. The van der Waals surface area contributed by atoms with Gasteiger partial charge in [0.2, 0.25) is 5.91 Å². The van der Waals surface area contributed by atoms with Gasteiger partial charge in [-0.1, -0.05) is 48.0 Å². The van der Waals surface area contributed by atoms with Crippen molar-refractivity contribution in [3.63, 3.8) is 0 Å². The molecular weight excluding hydrogens is 384 g/mol. The van der Waals surface area contributed by atoms with Gasteiger partial charge < -0.3 is 10.6 Å². The summed E-state index contributed by atoms with van der Waals surface area (Å²) in [5.74, 6) is 0.205. The maximum atomic E-state index is 12.8. The van der Waals surface area contributed by atoms with Crippen LogP contribution in [0.1, 0.15) is 22.6 Å². The second-order valence-electron chi connectivity index (χ2n) is 7.60. The number of hydrogen-bond donors (Lipinski definition) is 2. The zero-order valence-corrected chi connectivity index (χ0v) is 17.6. The van der Waals surface area contributed by atoms with Crippen LogP contribution in [-0.4, -0.2) is 28.8 Å². The highest BCUT2D eigenvalue weighted by atomic mass is 35.5. The lowest BCUT2D eigenvalue weighted by molar-refractivity contribution is -0.125. The number of benzene rings is 2. The maximum Gasteiger partial charge on any atom is 0.225 e. The molecule has 0 spiro atoms. The average molecular weight is 411 g/mol. The zero-order valence-electron chi connectivity index (χ0n) is 16.8. The number of halogens is 1. The van der Waals surface area contributed by atoms with Crippen LogP contribution in [0.2, 0.25) is 0 Å². The Morgan fingerprint density at radius 2 is 1.97 bits per heavy atom. The quantitative estimate of drug-likeness (QED) is 0.677. The summed E-state index contributed by atoms with van der Waals surface area (Å²) in [6, 6.07) is 16.9. The minimum absolute atomic E-state index is 0. The maximum absolute atomic E-state index is 12.8. The van der Waals surface area contributed by atoms with Crippen molar-refractivity contribution in [2.45, 2.75) is 19.4 Å². The second-order valence-corrected chi connectivity index (χ2v) is 7.60. The van der Waals surface area contributed by atoms with E-state index < -0.39 is 0 Å². The standard InChI is InChI=1S/C23H26N4O.ClH/c1-16-6-8-18(9-7-16)19-5-3-4-17(10-19)11-25-23(28)22-14-24-13-21(22)20-12-26-27(2)15-20;/h3-10,12,15,21-22,24H,11,13-14H2,1-2H3,(H,25,28);1H/t21-,22+;/m1./s1. The summed E-state index contributed by atoms with van der Waals surface area (Å²) in [5, 5.41) is 10.7. The minimum atomic E-state index is -0.0653. The highest BCUT2D eigenvalue weighted by Crippen LogP contribution is 2.28. The van der Waals surface area contributed by atoms with E-state index in [9.17, 15) is 4.79 Å². The molecule has 1 aliphatic rings. The van der Waals surface area contributed by atoms with Crippen LogP contribution in [0.15, 0.2) is 60.9 Å². The third kappa shape index (κ3) is 4.86. The van der Waals surface area contributed by atoms with Gasteiger partial charge in [-0.2, -0.15) is 5.10 Å². The summed E-state index contributed by atoms with van der Waals surface area (Å²) in [6.07, 6.45) is 3.87. The van der Waals surface area contributed by atoms with Crippen LogP contribution in [0.25, 0.3) is 11.1 Å². The molecule has 29 heavy (non-hydrogen) atoms. The molecule has 2 aromatic carbocycles. The Bertz CT molecular complexity index is 967. The molecule has 0 radical (unpaired) electrons. The largest absolute Gasteiger partial charge is 0.352 e. The van der Waals surface area contributed by atoms with Gasteiger partial charge in [-0.05, 0) is 35.2 Å². The molecule has 1 saturated heterocycles. The number of carbonyl (C=O) groups excluding carboxylic acids is 1. The summed E-state index contributed by atoms with van der Waals surface area (Å²) < 4.78 is 1.79. The van der Waals surface area contributed by atoms with Crippen molar-refractivity contribution in [1.82, 2.24) is 20.4 Å². The summed E-state index contributed by atoms with van der Waals surface area (Å²) >= 11 is 0. The first-order valence-electron chi connectivity index (χ1n) is 9.73. The predicted octanol–water partition coefficient (Wildman–Crippen LogP) is 3.44. The Labute approximate surface area is 177 Å². The fourth-order valence-electron chi connectivity index (χ4n) is 3.86. The lowest BCUT2D eigenvalue weighted by Gasteiger charge is -2.17. The lowest BCUT2D eigenvalue weighted by Crippen LogP contribution is -2.33. The number of rotatable bonds is 5. The third-order valence-electron chi connectivity index (χ3n) is 5.48. The molecule has 1 amide bonds. The molecule has 0 bridgehead atoms. The average Bonchev–Trinajstić information content (AvgIpc) is 3.36. The van der Waals surface area contributed by atoms with Crippen molar-refractivity contribution in [3.05, 3.63) is 77.6 Å². The van der Waals surface area contributed by atoms with Gasteiger partial charge >= 0.3 is 0 Å². The van der Waals surface area contributed by atoms with E-state index in [1.165, 1.54) is 16.7 Å². The molecule has 1 aliphatic heterocycles. The van der Waals surface area contributed by atoms with Crippen molar-refractivity contribution < 1.29 is 4.79 Å². The Morgan fingerprint density at radius 3 is 2.69 bits per heavy atom. The number of amides is 1. The number of carbonyl (C=O) groups is 1. The smallest absolute Gasteiger partial charge is 0.225 e. The van der Waals surface area contributed by atoms with Crippen LogP contribution >= 0.6 is 12.4 Å². The second kappa shape index (κ2) is 9.25. The van der Waals surface area contributed by atoms with E-state index in [0.29, 0.717) is 13.1 Å². The van der Waals surface area contributed by atoms with Crippen LogP contribution in [0.4, 0.5) is 0 Å². The topological polar surface area (TPSA) is 59.0 Å². The van der Waals surface area contributed by atoms with Gasteiger partial charge in [0.15, 0.2) is 0 Å². The van der Waals surface area contributed by atoms with Gasteiger partial charge in [0.25, 0.3) is 0 Å². The van der Waals surface area contributed by atoms with Crippen molar-refractivity contribution in [2.24, 2.45) is 13.0 Å². The fourth-order valence-corrected chi connectivity index (χ4v) is 3.86. The molecule has 1 fully saturated rings. The van der Waals surface area contributed by atoms with E-state index in [2.05, 4.69) is 65.1 Å². The summed E-state index contributed by atoms with van der Waals surface area (Å²) in [4.78, 5) is 12.8.